The summed E-state index contributed by atoms with van der Waals surface area (Å²) in [4.78, 5) is 11.6. The monoisotopic (exact) mass is 226 g/mol. The average molecular weight is 227 g/mol. The Hall–Kier alpha value is -1.06. The van der Waals surface area contributed by atoms with E-state index in [0.717, 1.165) is 24.2 Å². The van der Waals surface area contributed by atoms with E-state index < -0.39 is 0 Å². The SMILES string of the molecule is CCCNC1C(=O)Nc2ccccc21.Cl. The number of amides is 1. The van der Waals surface area contributed by atoms with E-state index in [0.29, 0.717) is 0 Å². The maximum atomic E-state index is 11.6. The standard InChI is InChI=1S/C11H14N2O.ClH/c1-2-7-12-10-8-5-3-4-6-9(8)13-11(10)14;/h3-6,10,12H,2,7H2,1H3,(H,13,14);1H. The third-order valence-corrected chi connectivity index (χ3v) is 2.39. The van der Waals surface area contributed by atoms with Crippen molar-refractivity contribution in [2.45, 2.75) is 19.4 Å². The van der Waals surface area contributed by atoms with Gasteiger partial charge in [0.2, 0.25) is 5.91 Å². The molecule has 15 heavy (non-hydrogen) atoms. The first-order valence-electron chi connectivity index (χ1n) is 4.96. The second-order valence-electron chi connectivity index (χ2n) is 3.46. The van der Waals surface area contributed by atoms with E-state index in [2.05, 4.69) is 17.6 Å². The molecule has 1 unspecified atom stereocenters. The number of fused-ring (bicyclic) bond motifs is 1. The van der Waals surface area contributed by atoms with Gasteiger partial charge in [-0.15, -0.1) is 12.4 Å². The number of hydrogen-bond donors (Lipinski definition) is 2. The maximum Gasteiger partial charge on any atom is 0.246 e. The molecule has 82 valence electrons. The Morgan fingerprint density at radius 3 is 2.87 bits per heavy atom. The molecule has 0 radical (unpaired) electrons. The molecule has 0 bridgehead atoms. The summed E-state index contributed by atoms with van der Waals surface area (Å²) < 4.78 is 0. The molecule has 2 rings (SSSR count). The fourth-order valence-corrected chi connectivity index (χ4v) is 1.70. The Labute approximate surface area is 95.7 Å². The molecule has 1 aliphatic rings. The van der Waals surface area contributed by atoms with Crippen LogP contribution in [0.1, 0.15) is 24.9 Å². The number of hydrogen-bond acceptors (Lipinski definition) is 2. The quantitative estimate of drug-likeness (QED) is 0.829. The van der Waals surface area contributed by atoms with Crippen LogP contribution in [0.4, 0.5) is 5.69 Å². The number of halogens is 1. The van der Waals surface area contributed by atoms with Gasteiger partial charge in [-0.25, -0.2) is 0 Å². The van der Waals surface area contributed by atoms with Crippen molar-refractivity contribution in [3.8, 4) is 0 Å². The maximum absolute atomic E-state index is 11.6. The topological polar surface area (TPSA) is 41.1 Å². The first-order valence-corrected chi connectivity index (χ1v) is 4.96. The van der Waals surface area contributed by atoms with Crippen LogP contribution in [0.15, 0.2) is 24.3 Å². The smallest absolute Gasteiger partial charge is 0.246 e. The highest BCUT2D eigenvalue weighted by Crippen LogP contribution is 2.29. The molecule has 0 saturated heterocycles. The minimum absolute atomic E-state index is 0. The molecular formula is C11H15ClN2O. The molecule has 1 aromatic rings. The molecule has 2 N–H and O–H groups in total. The van der Waals surface area contributed by atoms with Crippen LogP contribution in [-0.4, -0.2) is 12.5 Å². The highest BCUT2D eigenvalue weighted by Gasteiger charge is 2.28. The number of rotatable bonds is 3. The molecule has 1 amide bonds. The zero-order chi connectivity index (χ0) is 9.97. The van der Waals surface area contributed by atoms with Gasteiger partial charge in [-0.2, -0.15) is 0 Å². The molecule has 1 heterocycles. The van der Waals surface area contributed by atoms with Crippen molar-refractivity contribution in [2.75, 3.05) is 11.9 Å². The van der Waals surface area contributed by atoms with Gasteiger partial charge >= 0.3 is 0 Å². The zero-order valence-electron chi connectivity index (χ0n) is 8.62. The van der Waals surface area contributed by atoms with Gasteiger partial charge < -0.3 is 10.6 Å². The summed E-state index contributed by atoms with van der Waals surface area (Å²) in [7, 11) is 0. The van der Waals surface area contributed by atoms with Gasteiger partial charge in [0.15, 0.2) is 0 Å². The van der Waals surface area contributed by atoms with Gasteiger partial charge in [0.1, 0.15) is 6.04 Å². The lowest BCUT2D eigenvalue weighted by Crippen LogP contribution is -2.27. The molecule has 0 spiro atoms. The van der Waals surface area contributed by atoms with Crippen molar-refractivity contribution >= 4 is 24.0 Å². The van der Waals surface area contributed by atoms with E-state index in [-0.39, 0.29) is 24.4 Å². The molecule has 0 saturated carbocycles. The molecular weight excluding hydrogens is 212 g/mol. The summed E-state index contributed by atoms with van der Waals surface area (Å²) in [6.07, 6.45) is 1.03. The van der Waals surface area contributed by atoms with Gasteiger partial charge in [0.25, 0.3) is 0 Å². The summed E-state index contributed by atoms with van der Waals surface area (Å²) in [6.45, 7) is 2.96. The highest BCUT2D eigenvalue weighted by molar-refractivity contribution is 6.02. The van der Waals surface area contributed by atoms with Crippen LogP contribution in [0.3, 0.4) is 0 Å². The van der Waals surface area contributed by atoms with E-state index in [9.17, 15) is 4.79 Å². The third-order valence-electron chi connectivity index (χ3n) is 2.39. The van der Waals surface area contributed by atoms with Crippen LogP contribution in [0.5, 0.6) is 0 Å². The molecule has 0 aromatic heterocycles. The average Bonchev–Trinajstić information content (AvgIpc) is 2.51. The molecule has 3 nitrogen and oxygen atoms in total. The number of benzene rings is 1. The van der Waals surface area contributed by atoms with Crippen molar-refractivity contribution in [3.05, 3.63) is 29.8 Å². The van der Waals surface area contributed by atoms with Gasteiger partial charge in [0.05, 0.1) is 0 Å². The normalized spacial score (nSPS) is 17.9. The van der Waals surface area contributed by atoms with Crippen LogP contribution in [0.2, 0.25) is 0 Å². The van der Waals surface area contributed by atoms with Crippen LogP contribution in [0.25, 0.3) is 0 Å². The first-order chi connectivity index (χ1) is 6.83. The predicted molar refractivity (Wildman–Crippen MR) is 63.4 cm³/mol. The molecule has 4 heteroatoms. The summed E-state index contributed by atoms with van der Waals surface area (Å²) in [6, 6.07) is 7.65. The number of carbonyl (C=O) groups is 1. The Morgan fingerprint density at radius 2 is 2.13 bits per heavy atom. The van der Waals surface area contributed by atoms with Crippen molar-refractivity contribution in [1.82, 2.24) is 5.32 Å². The Morgan fingerprint density at radius 1 is 1.40 bits per heavy atom. The van der Waals surface area contributed by atoms with E-state index in [1.165, 1.54) is 0 Å². The summed E-state index contributed by atoms with van der Waals surface area (Å²) in [5.41, 5.74) is 2.00. The summed E-state index contributed by atoms with van der Waals surface area (Å²) in [5.74, 6) is 0.0552. The molecule has 1 aliphatic heterocycles. The molecule has 1 atom stereocenters. The van der Waals surface area contributed by atoms with Crippen LogP contribution in [-0.2, 0) is 4.79 Å². The molecule has 1 aromatic carbocycles. The fourth-order valence-electron chi connectivity index (χ4n) is 1.70. The van der Waals surface area contributed by atoms with Crippen molar-refractivity contribution in [3.63, 3.8) is 0 Å². The van der Waals surface area contributed by atoms with Gasteiger partial charge in [-0.3, -0.25) is 4.79 Å². The van der Waals surface area contributed by atoms with E-state index in [4.69, 9.17) is 0 Å². The van der Waals surface area contributed by atoms with E-state index >= 15 is 0 Å². The number of anilines is 1. The van der Waals surface area contributed by atoms with Crippen molar-refractivity contribution in [2.24, 2.45) is 0 Å². The first kappa shape index (κ1) is 12.0. The Bertz CT molecular complexity index is 354. The number of nitrogens with one attached hydrogen (secondary N) is 2. The summed E-state index contributed by atoms with van der Waals surface area (Å²) in [5, 5.41) is 6.08. The lowest BCUT2D eigenvalue weighted by Gasteiger charge is -2.09. The highest BCUT2D eigenvalue weighted by atomic mass is 35.5. The van der Waals surface area contributed by atoms with E-state index in [1.807, 2.05) is 24.3 Å². The predicted octanol–water partition coefficient (Wildman–Crippen LogP) is 2.10. The fraction of sp³-hybridized carbons (Fsp3) is 0.364. The summed E-state index contributed by atoms with van der Waals surface area (Å²) >= 11 is 0. The van der Waals surface area contributed by atoms with Gasteiger partial charge in [0, 0.05) is 11.3 Å². The molecule has 0 fully saturated rings. The minimum Gasteiger partial charge on any atom is -0.324 e. The lowest BCUT2D eigenvalue weighted by molar-refractivity contribution is -0.117. The minimum atomic E-state index is -0.161. The number of carbonyl (C=O) groups excluding carboxylic acids is 1. The van der Waals surface area contributed by atoms with Crippen LogP contribution >= 0.6 is 12.4 Å². The second kappa shape index (κ2) is 5.14. The third kappa shape index (κ3) is 2.30. The van der Waals surface area contributed by atoms with Gasteiger partial charge in [-0.05, 0) is 19.0 Å². The Kier molecular flexibility index (Phi) is 4.12. The van der Waals surface area contributed by atoms with Crippen LogP contribution < -0.4 is 10.6 Å². The molecule has 0 aliphatic carbocycles. The van der Waals surface area contributed by atoms with Gasteiger partial charge in [-0.1, -0.05) is 25.1 Å². The lowest BCUT2D eigenvalue weighted by atomic mass is 10.1. The Balaban J connectivity index is 0.00000112. The van der Waals surface area contributed by atoms with Crippen molar-refractivity contribution in [1.29, 1.82) is 0 Å². The number of para-hydroxylation sites is 1. The van der Waals surface area contributed by atoms with Crippen LogP contribution in [0, 0.1) is 0 Å². The van der Waals surface area contributed by atoms with Crippen molar-refractivity contribution < 1.29 is 4.79 Å². The van der Waals surface area contributed by atoms with E-state index in [1.54, 1.807) is 0 Å². The largest absolute Gasteiger partial charge is 0.324 e. The zero-order valence-corrected chi connectivity index (χ0v) is 9.43. The second-order valence-corrected chi connectivity index (χ2v) is 3.46.